The molecule has 3 nitrogen and oxygen atoms in total. The van der Waals surface area contributed by atoms with Crippen LogP contribution in [-0.4, -0.2) is 35.1 Å². The molecule has 0 aromatic heterocycles. The highest BCUT2D eigenvalue weighted by atomic mass is 16.5. The first-order valence-corrected chi connectivity index (χ1v) is 3.44. The summed E-state index contributed by atoms with van der Waals surface area (Å²) in [6.07, 6.45) is -0.173. The van der Waals surface area contributed by atoms with Crippen LogP contribution in [0.1, 0.15) is 12.8 Å². The minimum Gasteiger partial charge on any atom is -0.396 e. The zero-order valence-corrected chi connectivity index (χ0v) is 5.73. The fourth-order valence-corrected chi connectivity index (χ4v) is 1.15. The molecule has 1 heterocycles. The molecule has 0 amide bonds. The molecule has 1 aliphatic rings. The molecule has 3 heteroatoms. The fourth-order valence-electron chi connectivity index (χ4n) is 1.15. The molecule has 3 atom stereocenters. The summed E-state index contributed by atoms with van der Waals surface area (Å²) < 4.78 is 5.08. The summed E-state index contributed by atoms with van der Waals surface area (Å²) in [5.74, 6) is 0. The van der Waals surface area contributed by atoms with Crippen LogP contribution in [0.25, 0.3) is 0 Å². The summed E-state index contributed by atoms with van der Waals surface area (Å²) in [7, 11) is 0. The van der Waals surface area contributed by atoms with Crippen LogP contribution in [0.4, 0.5) is 0 Å². The van der Waals surface area contributed by atoms with Gasteiger partial charge in [0.25, 0.3) is 0 Å². The number of hydrogen-bond acceptors (Lipinski definition) is 3. The van der Waals surface area contributed by atoms with E-state index in [1.165, 1.54) is 0 Å². The second kappa shape index (κ2) is 3.32. The monoisotopic (exact) mass is 144 g/mol. The van der Waals surface area contributed by atoms with Crippen molar-refractivity contribution in [2.24, 2.45) is 0 Å². The lowest BCUT2D eigenvalue weighted by Gasteiger charge is -2.11. The van der Waals surface area contributed by atoms with E-state index in [2.05, 4.69) is 0 Å². The fraction of sp³-hybridized carbons (Fsp3) is 0.857. The molecule has 0 bridgehead atoms. The zero-order chi connectivity index (χ0) is 7.56. The van der Waals surface area contributed by atoms with Crippen molar-refractivity contribution in [1.82, 2.24) is 0 Å². The van der Waals surface area contributed by atoms with Crippen LogP contribution in [0.15, 0.2) is 0 Å². The van der Waals surface area contributed by atoms with Gasteiger partial charge in [-0.3, -0.25) is 0 Å². The second-order valence-electron chi connectivity index (χ2n) is 2.53. The van der Waals surface area contributed by atoms with Crippen molar-refractivity contribution >= 4 is 0 Å². The van der Waals surface area contributed by atoms with Gasteiger partial charge in [-0.15, -0.1) is 0 Å². The standard InChI is InChI=1S/C7H12O3/c1-5-4-6(9)7(10-5)2-3-8/h1,5-9H,2-4H2/t5?,6-,7-/m1/s1. The molecule has 0 spiro atoms. The first-order chi connectivity index (χ1) is 4.74. The molecule has 1 fully saturated rings. The van der Waals surface area contributed by atoms with Gasteiger partial charge in [0, 0.05) is 13.0 Å². The van der Waals surface area contributed by atoms with Gasteiger partial charge in [-0.25, -0.2) is 0 Å². The number of rotatable bonds is 2. The van der Waals surface area contributed by atoms with Crippen molar-refractivity contribution < 1.29 is 14.9 Å². The van der Waals surface area contributed by atoms with E-state index >= 15 is 0 Å². The van der Waals surface area contributed by atoms with Crippen LogP contribution >= 0.6 is 0 Å². The molecule has 58 valence electrons. The van der Waals surface area contributed by atoms with E-state index in [9.17, 15) is 5.11 Å². The Morgan fingerprint density at radius 3 is 2.70 bits per heavy atom. The molecule has 2 radical (unpaired) electrons. The number of aliphatic hydroxyl groups excluding tert-OH is 2. The van der Waals surface area contributed by atoms with Crippen LogP contribution < -0.4 is 0 Å². The average Bonchev–Trinajstić information content (AvgIpc) is 2.13. The van der Waals surface area contributed by atoms with E-state index in [1.54, 1.807) is 0 Å². The summed E-state index contributed by atoms with van der Waals surface area (Å²) in [6, 6.07) is 0. The summed E-state index contributed by atoms with van der Waals surface area (Å²) in [4.78, 5) is 0. The highest BCUT2D eigenvalue weighted by Crippen LogP contribution is 2.21. The van der Waals surface area contributed by atoms with Crippen molar-refractivity contribution in [2.75, 3.05) is 6.61 Å². The summed E-state index contributed by atoms with van der Waals surface area (Å²) in [5.41, 5.74) is 0. The molecular formula is C7H12O3. The maximum atomic E-state index is 9.17. The molecule has 2 N–H and O–H groups in total. The Bertz CT molecular complexity index is 105. The lowest BCUT2D eigenvalue weighted by Crippen LogP contribution is -2.21. The second-order valence-corrected chi connectivity index (χ2v) is 2.53. The first kappa shape index (κ1) is 7.98. The van der Waals surface area contributed by atoms with Crippen molar-refractivity contribution in [3.8, 4) is 0 Å². The Balaban J connectivity index is 2.31. The Labute approximate surface area is 60.6 Å². The van der Waals surface area contributed by atoms with E-state index < -0.39 is 6.10 Å². The maximum Gasteiger partial charge on any atom is 0.0860 e. The Hall–Kier alpha value is -0.120. The molecule has 0 aliphatic carbocycles. The molecule has 0 aromatic carbocycles. The van der Waals surface area contributed by atoms with Crippen molar-refractivity contribution in [3.05, 3.63) is 6.92 Å². The maximum absolute atomic E-state index is 9.17. The van der Waals surface area contributed by atoms with E-state index in [-0.39, 0.29) is 18.8 Å². The largest absolute Gasteiger partial charge is 0.396 e. The van der Waals surface area contributed by atoms with E-state index in [4.69, 9.17) is 16.8 Å². The summed E-state index contributed by atoms with van der Waals surface area (Å²) >= 11 is 0. The molecule has 1 rings (SSSR count). The molecule has 1 aliphatic heterocycles. The van der Waals surface area contributed by atoms with Gasteiger partial charge in [0.15, 0.2) is 0 Å². The normalized spacial score (nSPS) is 40.5. The highest BCUT2D eigenvalue weighted by molar-refractivity contribution is 4.82. The third kappa shape index (κ3) is 1.68. The zero-order valence-electron chi connectivity index (χ0n) is 5.73. The van der Waals surface area contributed by atoms with E-state index in [1.807, 2.05) is 0 Å². The van der Waals surface area contributed by atoms with Crippen LogP contribution in [0.5, 0.6) is 0 Å². The summed E-state index contributed by atoms with van der Waals surface area (Å²) in [5, 5.41) is 17.7. The summed E-state index contributed by atoms with van der Waals surface area (Å²) in [6.45, 7) is 5.42. The van der Waals surface area contributed by atoms with Crippen LogP contribution in [0.3, 0.4) is 0 Å². The smallest absolute Gasteiger partial charge is 0.0860 e. The van der Waals surface area contributed by atoms with Gasteiger partial charge in [-0.2, -0.15) is 0 Å². The number of hydrogen-bond donors (Lipinski definition) is 2. The third-order valence-electron chi connectivity index (χ3n) is 1.67. The van der Waals surface area contributed by atoms with Gasteiger partial charge in [-0.05, 0) is 13.3 Å². The predicted molar refractivity (Wildman–Crippen MR) is 35.3 cm³/mol. The third-order valence-corrected chi connectivity index (χ3v) is 1.67. The van der Waals surface area contributed by atoms with Gasteiger partial charge in [0.1, 0.15) is 0 Å². The van der Waals surface area contributed by atoms with Crippen molar-refractivity contribution in [2.45, 2.75) is 31.2 Å². The van der Waals surface area contributed by atoms with Crippen LogP contribution in [0.2, 0.25) is 0 Å². The molecule has 1 saturated heterocycles. The Morgan fingerprint density at radius 2 is 2.30 bits per heavy atom. The number of ether oxygens (including phenoxy) is 1. The quantitative estimate of drug-likeness (QED) is 0.554. The molecular weight excluding hydrogens is 132 g/mol. The van der Waals surface area contributed by atoms with Crippen LogP contribution in [-0.2, 0) is 4.74 Å². The molecule has 0 saturated carbocycles. The minimum atomic E-state index is -0.498. The molecule has 1 unspecified atom stereocenters. The lowest BCUT2D eigenvalue weighted by molar-refractivity contribution is 0.00880. The highest BCUT2D eigenvalue weighted by Gasteiger charge is 2.30. The SMILES string of the molecule is [CH]C1C[C@@H](O)[C@@H](CCO)O1. The first-order valence-electron chi connectivity index (χ1n) is 3.44. The van der Waals surface area contributed by atoms with Gasteiger partial charge >= 0.3 is 0 Å². The minimum absolute atomic E-state index is 0.0362. The molecule has 10 heavy (non-hydrogen) atoms. The predicted octanol–water partition coefficient (Wildman–Crippen LogP) is -0.402. The van der Waals surface area contributed by atoms with E-state index in [0.717, 1.165) is 0 Å². The van der Waals surface area contributed by atoms with Gasteiger partial charge in [0.2, 0.25) is 0 Å². The Kier molecular flexibility index (Phi) is 2.65. The number of aliphatic hydroxyl groups is 2. The van der Waals surface area contributed by atoms with Gasteiger partial charge < -0.3 is 14.9 Å². The Morgan fingerprint density at radius 1 is 1.60 bits per heavy atom. The lowest BCUT2D eigenvalue weighted by atomic mass is 10.1. The van der Waals surface area contributed by atoms with Crippen molar-refractivity contribution in [1.29, 1.82) is 0 Å². The molecule has 0 aromatic rings. The van der Waals surface area contributed by atoms with Crippen molar-refractivity contribution in [3.63, 3.8) is 0 Å². The topological polar surface area (TPSA) is 49.7 Å². The van der Waals surface area contributed by atoms with Crippen LogP contribution in [0, 0.1) is 6.92 Å². The van der Waals surface area contributed by atoms with Gasteiger partial charge in [-0.1, -0.05) is 0 Å². The average molecular weight is 144 g/mol. The van der Waals surface area contributed by atoms with E-state index in [0.29, 0.717) is 12.8 Å². The van der Waals surface area contributed by atoms with Gasteiger partial charge in [0.05, 0.1) is 18.3 Å².